The monoisotopic (exact) mass is 354 g/mol. The van der Waals surface area contributed by atoms with Gasteiger partial charge < -0.3 is 19.4 Å². The van der Waals surface area contributed by atoms with Crippen molar-refractivity contribution < 1.29 is 19.4 Å². The van der Waals surface area contributed by atoms with Gasteiger partial charge in [-0.15, -0.1) is 0 Å². The van der Waals surface area contributed by atoms with Crippen LogP contribution in [0.2, 0.25) is 0 Å². The van der Waals surface area contributed by atoms with Gasteiger partial charge in [0, 0.05) is 5.92 Å². The Bertz CT molecular complexity index is 688. The molecule has 1 saturated carbocycles. The Labute approximate surface area is 154 Å². The molecule has 0 radical (unpaired) electrons. The number of carbonyl (C=O) groups excluding carboxylic acids is 1. The summed E-state index contributed by atoms with van der Waals surface area (Å²) in [6.45, 7) is 2.92. The summed E-state index contributed by atoms with van der Waals surface area (Å²) in [5.74, 6) is -0.275. The van der Waals surface area contributed by atoms with Gasteiger partial charge in [-0.05, 0) is 23.5 Å². The van der Waals surface area contributed by atoms with Crippen molar-refractivity contribution in [3.8, 4) is 0 Å². The lowest BCUT2D eigenvalue weighted by atomic mass is 9.96. The zero-order valence-corrected chi connectivity index (χ0v) is 15.1. The van der Waals surface area contributed by atoms with E-state index in [1.807, 2.05) is 67.6 Å². The molecule has 2 aromatic carbocycles. The molecule has 0 aromatic heterocycles. The average molecular weight is 354 g/mol. The topological polar surface area (TPSA) is 55.8 Å². The van der Waals surface area contributed by atoms with Crippen molar-refractivity contribution in [1.29, 1.82) is 0 Å². The molecule has 0 saturated heterocycles. The first-order chi connectivity index (χ1) is 12.6. The average Bonchev–Trinajstić information content (AvgIpc) is 2.90. The van der Waals surface area contributed by atoms with Crippen LogP contribution in [0.15, 0.2) is 60.7 Å². The van der Waals surface area contributed by atoms with Crippen molar-refractivity contribution in [2.45, 2.75) is 38.3 Å². The van der Waals surface area contributed by atoms with Gasteiger partial charge in [-0.25, -0.2) is 0 Å². The zero-order chi connectivity index (χ0) is 18.4. The van der Waals surface area contributed by atoms with Crippen LogP contribution in [0.5, 0.6) is 0 Å². The molecule has 2 aromatic rings. The number of benzene rings is 2. The Kier molecular flexibility index (Phi) is 6.20. The van der Waals surface area contributed by atoms with Crippen LogP contribution >= 0.6 is 0 Å². The highest BCUT2D eigenvalue weighted by molar-refractivity contribution is 5.56. The van der Waals surface area contributed by atoms with Crippen molar-refractivity contribution >= 4 is 6.29 Å². The summed E-state index contributed by atoms with van der Waals surface area (Å²) in [5, 5.41) is 11.2. The van der Waals surface area contributed by atoms with Crippen LogP contribution in [0, 0.1) is 11.8 Å². The van der Waals surface area contributed by atoms with Gasteiger partial charge in [0.05, 0.1) is 25.9 Å². The molecule has 0 amide bonds. The fraction of sp³-hybridized carbons (Fsp3) is 0.409. The van der Waals surface area contributed by atoms with Gasteiger partial charge in [-0.2, -0.15) is 0 Å². The zero-order valence-electron chi connectivity index (χ0n) is 15.1. The van der Waals surface area contributed by atoms with E-state index in [1.165, 1.54) is 0 Å². The molecule has 0 spiro atoms. The Balaban J connectivity index is 1.64. The van der Waals surface area contributed by atoms with E-state index in [2.05, 4.69) is 0 Å². The third kappa shape index (κ3) is 4.39. The van der Waals surface area contributed by atoms with Gasteiger partial charge >= 0.3 is 0 Å². The number of carbonyl (C=O) groups is 1. The van der Waals surface area contributed by atoms with Crippen LogP contribution in [-0.4, -0.2) is 29.7 Å². The lowest BCUT2D eigenvalue weighted by Crippen LogP contribution is -2.46. The van der Waals surface area contributed by atoms with Crippen LogP contribution in [0.4, 0.5) is 0 Å². The van der Waals surface area contributed by atoms with Gasteiger partial charge in [-0.1, -0.05) is 67.6 Å². The third-order valence-corrected chi connectivity index (χ3v) is 5.10. The van der Waals surface area contributed by atoms with E-state index in [0.29, 0.717) is 19.6 Å². The largest absolute Gasteiger partial charge is 0.385 e. The van der Waals surface area contributed by atoms with Gasteiger partial charge in [0.25, 0.3) is 0 Å². The molecule has 26 heavy (non-hydrogen) atoms. The number of ether oxygens (including phenoxy) is 2. The Morgan fingerprint density at radius 3 is 2.19 bits per heavy atom. The predicted molar refractivity (Wildman–Crippen MR) is 99.4 cm³/mol. The first-order valence-corrected chi connectivity index (χ1v) is 9.07. The minimum atomic E-state index is -1.16. The molecule has 4 heteroatoms. The first kappa shape index (κ1) is 18.8. The summed E-state index contributed by atoms with van der Waals surface area (Å²) < 4.78 is 11.8. The molecule has 4 nitrogen and oxygen atoms in total. The molecule has 0 bridgehead atoms. The fourth-order valence-electron chi connectivity index (χ4n) is 3.76. The van der Waals surface area contributed by atoms with E-state index in [1.54, 1.807) is 0 Å². The summed E-state index contributed by atoms with van der Waals surface area (Å²) >= 11 is 0. The van der Waals surface area contributed by atoms with Gasteiger partial charge in [0.1, 0.15) is 11.9 Å². The minimum Gasteiger partial charge on any atom is -0.385 e. The maximum absolute atomic E-state index is 11.6. The lowest BCUT2D eigenvalue weighted by molar-refractivity contribution is -0.149. The van der Waals surface area contributed by atoms with E-state index in [-0.39, 0.29) is 18.4 Å². The normalized spacial score (nSPS) is 28.2. The van der Waals surface area contributed by atoms with Crippen molar-refractivity contribution in [1.82, 2.24) is 0 Å². The molecule has 1 aliphatic carbocycles. The fourth-order valence-corrected chi connectivity index (χ4v) is 3.76. The van der Waals surface area contributed by atoms with Gasteiger partial charge in [0.15, 0.2) is 0 Å². The first-order valence-electron chi connectivity index (χ1n) is 9.07. The van der Waals surface area contributed by atoms with Crippen molar-refractivity contribution in [2.75, 3.05) is 6.61 Å². The van der Waals surface area contributed by atoms with Crippen LogP contribution in [0.1, 0.15) is 24.5 Å². The maximum Gasteiger partial charge on any atom is 0.126 e. The molecule has 0 unspecified atom stereocenters. The second kappa shape index (κ2) is 8.58. The van der Waals surface area contributed by atoms with E-state index in [9.17, 15) is 9.90 Å². The number of aliphatic hydroxyl groups is 1. The molecule has 1 fully saturated rings. The second-order valence-electron chi connectivity index (χ2n) is 7.19. The highest BCUT2D eigenvalue weighted by atomic mass is 16.5. The Hall–Kier alpha value is -2.01. The quantitative estimate of drug-likeness (QED) is 0.739. The van der Waals surface area contributed by atoms with E-state index < -0.39 is 11.7 Å². The SMILES string of the molecule is C[C@@H]1C[C@@](O)(COCc2ccccc2)[C@@H](OCc2ccccc2)[C@@H]1C=O. The molecule has 3 rings (SSSR count). The van der Waals surface area contributed by atoms with Crippen LogP contribution < -0.4 is 0 Å². The highest BCUT2D eigenvalue weighted by Gasteiger charge is 2.52. The molecule has 1 N–H and O–H groups in total. The van der Waals surface area contributed by atoms with Crippen LogP contribution in [-0.2, 0) is 27.5 Å². The molecular formula is C22H26O4. The van der Waals surface area contributed by atoms with Crippen molar-refractivity contribution in [2.24, 2.45) is 11.8 Å². The second-order valence-corrected chi connectivity index (χ2v) is 7.19. The van der Waals surface area contributed by atoms with Crippen LogP contribution in [0.25, 0.3) is 0 Å². The van der Waals surface area contributed by atoms with Crippen molar-refractivity contribution in [3.05, 3.63) is 71.8 Å². The molecule has 1 aliphatic rings. The Morgan fingerprint density at radius 2 is 1.62 bits per heavy atom. The molecular weight excluding hydrogens is 328 g/mol. The maximum atomic E-state index is 11.6. The molecule has 138 valence electrons. The smallest absolute Gasteiger partial charge is 0.126 e. The summed E-state index contributed by atoms with van der Waals surface area (Å²) in [6, 6.07) is 19.6. The number of aldehydes is 1. The number of rotatable bonds is 8. The van der Waals surface area contributed by atoms with E-state index in [0.717, 1.165) is 17.4 Å². The highest BCUT2D eigenvalue weighted by Crippen LogP contribution is 2.41. The molecule has 4 atom stereocenters. The summed E-state index contributed by atoms with van der Waals surface area (Å²) in [6.07, 6.45) is 0.839. The predicted octanol–water partition coefficient (Wildman–Crippen LogP) is 3.37. The van der Waals surface area contributed by atoms with E-state index in [4.69, 9.17) is 9.47 Å². The summed E-state index contributed by atoms with van der Waals surface area (Å²) in [7, 11) is 0. The standard InChI is InChI=1S/C22H26O4/c1-17-12-22(24,16-25-14-18-8-4-2-5-9-18)21(20(17)13-23)26-15-19-10-6-3-7-11-19/h2-11,13,17,20-21,24H,12,14-16H2,1H3/t17-,20-,21+,22-/m1/s1. The van der Waals surface area contributed by atoms with Crippen molar-refractivity contribution in [3.63, 3.8) is 0 Å². The van der Waals surface area contributed by atoms with Crippen LogP contribution in [0.3, 0.4) is 0 Å². The number of hydrogen-bond donors (Lipinski definition) is 1. The number of hydrogen-bond acceptors (Lipinski definition) is 4. The summed E-state index contributed by atoms with van der Waals surface area (Å²) in [4.78, 5) is 11.6. The van der Waals surface area contributed by atoms with Gasteiger partial charge in [-0.3, -0.25) is 0 Å². The molecule has 0 heterocycles. The molecule has 0 aliphatic heterocycles. The minimum absolute atomic E-state index is 0.0543. The van der Waals surface area contributed by atoms with Gasteiger partial charge in [0.2, 0.25) is 0 Å². The third-order valence-electron chi connectivity index (χ3n) is 5.10. The summed E-state index contributed by atoms with van der Waals surface area (Å²) in [5.41, 5.74) is 0.911. The lowest BCUT2D eigenvalue weighted by Gasteiger charge is -2.31. The Morgan fingerprint density at radius 1 is 1.04 bits per heavy atom. The van der Waals surface area contributed by atoms with E-state index >= 15 is 0 Å².